The summed E-state index contributed by atoms with van der Waals surface area (Å²) in [4.78, 5) is 14.0. The number of fused-ring (bicyclic) bond motifs is 1. The van der Waals surface area contributed by atoms with Crippen molar-refractivity contribution in [1.29, 1.82) is 0 Å². The zero-order valence-corrected chi connectivity index (χ0v) is 12.2. The van der Waals surface area contributed by atoms with Crippen molar-refractivity contribution >= 4 is 18.3 Å². The van der Waals surface area contributed by atoms with Crippen LogP contribution in [0.2, 0.25) is 0 Å². The van der Waals surface area contributed by atoms with E-state index in [1.54, 1.807) is 4.90 Å². The quantitative estimate of drug-likeness (QED) is 0.916. The Hall–Kier alpha value is -1.46. The highest BCUT2D eigenvalue weighted by atomic mass is 35.5. The third kappa shape index (κ3) is 2.99. The maximum atomic E-state index is 12.2. The van der Waals surface area contributed by atoms with Crippen molar-refractivity contribution in [1.82, 2.24) is 10.2 Å². The smallest absolute Gasteiger partial charge is 0.231 e. The SMILES string of the molecule is CN(Cc1ccc2c(c1)OCO2)C(=O)C1CCNC1.Cl. The molecule has 1 aromatic rings. The van der Waals surface area contributed by atoms with Gasteiger partial charge in [0.25, 0.3) is 0 Å². The van der Waals surface area contributed by atoms with Gasteiger partial charge in [-0.25, -0.2) is 0 Å². The predicted octanol–water partition coefficient (Wildman–Crippen LogP) is 1.40. The highest BCUT2D eigenvalue weighted by molar-refractivity contribution is 5.85. The van der Waals surface area contributed by atoms with Crippen LogP contribution in [0.3, 0.4) is 0 Å². The molecule has 3 rings (SSSR count). The lowest BCUT2D eigenvalue weighted by Crippen LogP contribution is -2.33. The first-order valence-corrected chi connectivity index (χ1v) is 6.58. The maximum absolute atomic E-state index is 12.2. The zero-order chi connectivity index (χ0) is 13.2. The van der Waals surface area contributed by atoms with E-state index >= 15 is 0 Å². The average molecular weight is 299 g/mol. The number of benzene rings is 1. The van der Waals surface area contributed by atoms with Gasteiger partial charge in [-0.2, -0.15) is 0 Å². The van der Waals surface area contributed by atoms with Gasteiger partial charge in [-0.15, -0.1) is 12.4 Å². The van der Waals surface area contributed by atoms with Crippen LogP contribution in [-0.2, 0) is 11.3 Å². The minimum Gasteiger partial charge on any atom is -0.454 e. The predicted molar refractivity (Wildman–Crippen MR) is 77.3 cm³/mol. The van der Waals surface area contributed by atoms with Gasteiger partial charge in [-0.05, 0) is 30.7 Å². The van der Waals surface area contributed by atoms with Crippen LogP contribution in [-0.4, -0.2) is 37.7 Å². The largest absolute Gasteiger partial charge is 0.454 e. The number of carbonyl (C=O) groups excluding carboxylic acids is 1. The lowest BCUT2D eigenvalue weighted by atomic mass is 10.1. The summed E-state index contributed by atoms with van der Waals surface area (Å²) in [5.74, 6) is 1.88. The fraction of sp³-hybridized carbons (Fsp3) is 0.500. The lowest BCUT2D eigenvalue weighted by molar-refractivity contribution is -0.134. The molecule has 1 unspecified atom stereocenters. The van der Waals surface area contributed by atoms with Crippen molar-refractivity contribution in [2.75, 3.05) is 26.9 Å². The number of carbonyl (C=O) groups is 1. The van der Waals surface area contributed by atoms with Gasteiger partial charge in [0, 0.05) is 20.1 Å². The molecule has 2 aliphatic rings. The molecule has 0 bridgehead atoms. The molecule has 0 aliphatic carbocycles. The van der Waals surface area contributed by atoms with Crippen LogP contribution >= 0.6 is 12.4 Å². The van der Waals surface area contributed by atoms with Crippen LogP contribution < -0.4 is 14.8 Å². The third-order valence-corrected chi connectivity index (χ3v) is 3.64. The zero-order valence-electron chi connectivity index (χ0n) is 11.4. The van der Waals surface area contributed by atoms with E-state index in [1.807, 2.05) is 25.2 Å². The summed E-state index contributed by atoms with van der Waals surface area (Å²) in [6.45, 7) is 2.62. The topological polar surface area (TPSA) is 50.8 Å². The monoisotopic (exact) mass is 298 g/mol. The summed E-state index contributed by atoms with van der Waals surface area (Å²) in [6, 6.07) is 5.82. The van der Waals surface area contributed by atoms with E-state index in [0.717, 1.165) is 36.6 Å². The molecular formula is C14H19ClN2O3. The van der Waals surface area contributed by atoms with Crippen LogP contribution in [0.5, 0.6) is 11.5 Å². The lowest BCUT2D eigenvalue weighted by Gasteiger charge is -2.20. The Morgan fingerprint density at radius 1 is 1.40 bits per heavy atom. The van der Waals surface area contributed by atoms with Gasteiger partial charge >= 0.3 is 0 Å². The molecule has 1 atom stereocenters. The van der Waals surface area contributed by atoms with Crippen molar-refractivity contribution in [3.63, 3.8) is 0 Å². The Labute approximate surface area is 124 Å². The Kier molecular flexibility index (Phi) is 4.73. The van der Waals surface area contributed by atoms with Gasteiger partial charge in [-0.3, -0.25) is 4.79 Å². The minimum atomic E-state index is 0. The summed E-state index contributed by atoms with van der Waals surface area (Å²) in [5, 5.41) is 3.22. The molecule has 110 valence electrons. The highest BCUT2D eigenvalue weighted by Gasteiger charge is 2.25. The van der Waals surface area contributed by atoms with Gasteiger partial charge in [0.1, 0.15) is 0 Å². The van der Waals surface area contributed by atoms with E-state index in [0.29, 0.717) is 6.54 Å². The molecule has 2 heterocycles. The summed E-state index contributed by atoms with van der Waals surface area (Å²) in [6.07, 6.45) is 0.935. The van der Waals surface area contributed by atoms with Gasteiger partial charge in [0.2, 0.25) is 12.7 Å². The summed E-state index contributed by atoms with van der Waals surface area (Å²) in [7, 11) is 1.85. The second kappa shape index (κ2) is 6.33. The van der Waals surface area contributed by atoms with Gasteiger partial charge in [0.05, 0.1) is 5.92 Å². The molecular weight excluding hydrogens is 280 g/mol. The van der Waals surface area contributed by atoms with Crippen LogP contribution in [0.15, 0.2) is 18.2 Å². The first kappa shape index (κ1) is 14.9. The fourth-order valence-electron chi connectivity index (χ4n) is 2.57. The Morgan fingerprint density at radius 3 is 2.95 bits per heavy atom. The fourth-order valence-corrected chi connectivity index (χ4v) is 2.57. The standard InChI is InChI=1S/C14H18N2O3.ClH/c1-16(14(17)11-4-5-15-7-11)8-10-2-3-12-13(6-10)19-9-18-12;/h2-3,6,11,15H,4-5,7-9H2,1H3;1H. The summed E-state index contributed by atoms with van der Waals surface area (Å²) < 4.78 is 10.6. The molecule has 1 fully saturated rings. The van der Waals surface area contributed by atoms with Crippen molar-refractivity contribution in [2.45, 2.75) is 13.0 Å². The van der Waals surface area contributed by atoms with Crippen LogP contribution in [0, 0.1) is 5.92 Å². The molecule has 0 saturated carbocycles. The molecule has 0 aromatic heterocycles. The van der Waals surface area contributed by atoms with E-state index in [9.17, 15) is 4.79 Å². The average Bonchev–Trinajstić information content (AvgIpc) is 3.08. The summed E-state index contributed by atoms with van der Waals surface area (Å²) in [5.41, 5.74) is 1.06. The number of rotatable bonds is 3. The number of hydrogen-bond acceptors (Lipinski definition) is 4. The normalized spacial score (nSPS) is 19.6. The van der Waals surface area contributed by atoms with Gasteiger partial charge in [-0.1, -0.05) is 6.07 Å². The third-order valence-electron chi connectivity index (χ3n) is 3.64. The Morgan fingerprint density at radius 2 is 2.20 bits per heavy atom. The number of nitrogens with one attached hydrogen (secondary N) is 1. The van der Waals surface area contributed by atoms with Crippen molar-refractivity contribution in [2.24, 2.45) is 5.92 Å². The second-order valence-electron chi connectivity index (χ2n) is 5.07. The molecule has 1 N–H and O–H groups in total. The molecule has 6 heteroatoms. The van der Waals surface area contributed by atoms with Crippen LogP contribution in [0.25, 0.3) is 0 Å². The van der Waals surface area contributed by atoms with E-state index in [2.05, 4.69) is 5.32 Å². The van der Waals surface area contributed by atoms with Crippen LogP contribution in [0.1, 0.15) is 12.0 Å². The Balaban J connectivity index is 0.00000147. The number of nitrogens with zero attached hydrogens (tertiary/aromatic N) is 1. The van der Waals surface area contributed by atoms with Crippen LogP contribution in [0.4, 0.5) is 0 Å². The van der Waals surface area contributed by atoms with Crippen molar-refractivity contribution in [3.05, 3.63) is 23.8 Å². The van der Waals surface area contributed by atoms with Crippen molar-refractivity contribution in [3.8, 4) is 11.5 Å². The molecule has 0 radical (unpaired) electrons. The molecule has 1 aromatic carbocycles. The highest BCUT2D eigenvalue weighted by Crippen LogP contribution is 2.32. The van der Waals surface area contributed by atoms with E-state index in [1.165, 1.54) is 0 Å². The molecule has 2 aliphatic heterocycles. The summed E-state index contributed by atoms with van der Waals surface area (Å²) >= 11 is 0. The number of halogens is 1. The number of amides is 1. The Bertz CT molecular complexity index is 489. The van der Waals surface area contributed by atoms with E-state index in [-0.39, 0.29) is 31.0 Å². The number of ether oxygens (including phenoxy) is 2. The van der Waals surface area contributed by atoms with Crippen molar-refractivity contribution < 1.29 is 14.3 Å². The molecule has 5 nitrogen and oxygen atoms in total. The first-order valence-electron chi connectivity index (χ1n) is 6.58. The molecule has 20 heavy (non-hydrogen) atoms. The number of hydrogen-bond donors (Lipinski definition) is 1. The molecule has 1 amide bonds. The molecule has 0 spiro atoms. The van der Waals surface area contributed by atoms with E-state index in [4.69, 9.17) is 9.47 Å². The minimum absolute atomic E-state index is 0. The van der Waals surface area contributed by atoms with E-state index < -0.39 is 0 Å². The first-order chi connectivity index (χ1) is 9.24. The van der Waals surface area contributed by atoms with Gasteiger partial charge in [0.15, 0.2) is 11.5 Å². The maximum Gasteiger partial charge on any atom is 0.231 e. The molecule has 1 saturated heterocycles. The van der Waals surface area contributed by atoms with Gasteiger partial charge < -0.3 is 19.7 Å². The second-order valence-corrected chi connectivity index (χ2v) is 5.07.